The highest BCUT2D eigenvalue weighted by Crippen LogP contribution is 2.11. The number of ether oxygens (including phenoxy) is 3. The summed E-state index contributed by atoms with van der Waals surface area (Å²) in [6, 6.07) is 0. The number of methoxy groups -OCH3 is 1. The van der Waals surface area contributed by atoms with Gasteiger partial charge in [-0.3, -0.25) is 4.90 Å². The molecule has 118 valence electrons. The lowest BCUT2D eigenvalue weighted by atomic mass is 10.2. The zero-order valence-electron chi connectivity index (χ0n) is 13.2. The molecule has 1 aliphatic rings. The standard InChI is InChI=1S/C14H28N2O4/c1-14(2,3)20-13(17)16-7-5-15(6-8-16)9-10-19-12-11-18-4/h5-12H2,1-4H3. The summed E-state index contributed by atoms with van der Waals surface area (Å²) in [6.45, 7) is 11.7. The van der Waals surface area contributed by atoms with E-state index in [0.717, 1.165) is 19.6 Å². The Morgan fingerprint density at radius 1 is 1.05 bits per heavy atom. The van der Waals surface area contributed by atoms with Gasteiger partial charge < -0.3 is 19.1 Å². The lowest BCUT2D eigenvalue weighted by Crippen LogP contribution is -2.50. The fraction of sp³-hybridized carbons (Fsp3) is 0.929. The highest BCUT2D eigenvalue weighted by Gasteiger charge is 2.25. The lowest BCUT2D eigenvalue weighted by Gasteiger charge is -2.35. The Balaban J connectivity index is 2.15. The van der Waals surface area contributed by atoms with Crippen LogP contribution >= 0.6 is 0 Å². The van der Waals surface area contributed by atoms with Crippen LogP contribution in [0, 0.1) is 0 Å². The number of carbonyl (C=O) groups excluding carboxylic acids is 1. The summed E-state index contributed by atoms with van der Waals surface area (Å²) in [4.78, 5) is 16.0. The van der Waals surface area contributed by atoms with Crippen LogP contribution in [0.4, 0.5) is 4.79 Å². The van der Waals surface area contributed by atoms with Gasteiger partial charge in [-0.2, -0.15) is 0 Å². The van der Waals surface area contributed by atoms with E-state index in [1.807, 2.05) is 20.8 Å². The minimum absolute atomic E-state index is 0.214. The minimum Gasteiger partial charge on any atom is -0.444 e. The third kappa shape index (κ3) is 7.07. The van der Waals surface area contributed by atoms with Crippen molar-refractivity contribution < 1.29 is 19.0 Å². The molecule has 20 heavy (non-hydrogen) atoms. The van der Waals surface area contributed by atoms with Gasteiger partial charge in [0.2, 0.25) is 0 Å². The van der Waals surface area contributed by atoms with Crippen molar-refractivity contribution in [3.8, 4) is 0 Å². The van der Waals surface area contributed by atoms with Crippen LogP contribution in [0.5, 0.6) is 0 Å². The lowest BCUT2D eigenvalue weighted by molar-refractivity contribution is 0.00976. The average molecular weight is 288 g/mol. The minimum atomic E-state index is -0.427. The van der Waals surface area contributed by atoms with Crippen molar-refractivity contribution in [3.05, 3.63) is 0 Å². The van der Waals surface area contributed by atoms with Crippen molar-refractivity contribution in [1.82, 2.24) is 9.80 Å². The summed E-state index contributed by atoms with van der Waals surface area (Å²) in [5.74, 6) is 0. The van der Waals surface area contributed by atoms with Gasteiger partial charge in [0.25, 0.3) is 0 Å². The molecule has 1 heterocycles. The molecule has 0 radical (unpaired) electrons. The van der Waals surface area contributed by atoms with Crippen LogP contribution in [0.15, 0.2) is 0 Å². The summed E-state index contributed by atoms with van der Waals surface area (Å²) >= 11 is 0. The zero-order valence-corrected chi connectivity index (χ0v) is 13.2. The van der Waals surface area contributed by atoms with Crippen LogP contribution in [0.3, 0.4) is 0 Å². The smallest absolute Gasteiger partial charge is 0.410 e. The summed E-state index contributed by atoms with van der Waals surface area (Å²) in [6.07, 6.45) is -0.214. The first kappa shape index (κ1) is 17.2. The largest absolute Gasteiger partial charge is 0.444 e. The predicted molar refractivity (Wildman–Crippen MR) is 76.9 cm³/mol. The van der Waals surface area contributed by atoms with Crippen molar-refractivity contribution in [2.75, 3.05) is 59.7 Å². The van der Waals surface area contributed by atoms with Gasteiger partial charge in [-0.1, -0.05) is 0 Å². The molecule has 0 bridgehead atoms. The zero-order chi connectivity index (χ0) is 15.0. The molecule has 6 heteroatoms. The third-order valence-electron chi connectivity index (χ3n) is 3.01. The number of hydrogen-bond acceptors (Lipinski definition) is 5. The summed E-state index contributed by atoms with van der Waals surface area (Å²) in [7, 11) is 1.67. The highest BCUT2D eigenvalue weighted by atomic mass is 16.6. The second kappa shape index (κ2) is 8.44. The Labute approximate surface area is 121 Å². The molecule has 1 saturated heterocycles. The fourth-order valence-electron chi connectivity index (χ4n) is 1.92. The Hall–Kier alpha value is -0.850. The van der Waals surface area contributed by atoms with E-state index in [1.165, 1.54) is 0 Å². The van der Waals surface area contributed by atoms with E-state index in [2.05, 4.69) is 4.90 Å². The van der Waals surface area contributed by atoms with Crippen molar-refractivity contribution in [1.29, 1.82) is 0 Å². The average Bonchev–Trinajstić information content (AvgIpc) is 2.37. The third-order valence-corrected chi connectivity index (χ3v) is 3.01. The van der Waals surface area contributed by atoms with Gasteiger partial charge in [-0.05, 0) is 20.8 Å². The van der Waals surface area contributed by atoms with Gasteiger partial charge in [0.1, 0.15) is 5.60 Å². The first-order chi connectivity index (χ1) is 9.42. The molecule has 0 aromatic rings. The Morgan fingerprint density at radius 2 is 1.70 bits per heavy atom. The number of hydrogen-bond donors (Lipinski definition) is 0. The van der Waals surface area contributed by atoms with Crippen LogP contribution in [-0.4, -0.2) is 81.1 Å². The van der Waals surface area contributed by atoms with Crippen LogP contribution in [0.2, 0.25) is 0 Å². The molecule has 0 unspecified atom stereocenters. The predicted octanol–water partition coefficient (Wildman–Crippen LogP) is 1.20. The van der Waals surface area contributed by atoms with Crippen LogP contribution < -0.4 is 0 Å². The SMILES string of the molecule is COCCOCCN1CCN(C(=O)OC(C)(C)C)CC1. The molecular weight excluding hydrogens is 260 g/mol. The van der Waals surface area contributed by atoms with Crippen LogP contribution in [-0.2, 0) is 14.2 Å². The van der Waals surface area contributed by atoms with Crippen LogP contribution in [0.25, 0.3) is 0 Å². The highest BCUT2D eigenvalue weighted by molar-refractivity contribution is 5.68. The van der Waals surface area contributed by atoms with Gasteiger partial charge in [0.05, 0.1) is 19.8 Å². The van der Waals surface area contributed by atoms with Gasteiger partial charge in [0, 0.05) is 39.8 Å². The molecule has 1 amide bonds. The second-order valence-electron chi connectivity index (χ2n) is 5.91. The molecule has 1 rings (SSSR count). The molecule has 0 N–H and O–H groups in total. The van der Waals surface area contributed by atoms with E-state index in [4.69, 9.17) is 14.2 Å². The van der Waals surface area contributed by atoms with E-state index < -0.39 is 5.60 Å². The Kier molecular flexibility index (Phi) is 7.26. The van der Waals surface area contributed by atoms with Crippen molar-refractivity contribution in [2.45, 2.75) is 26.4 Å². The maximum absolute atomic E-state index is 11.9. The normalized spacial score (nSPS) is 17.3. The van der Waals surface area contributed by atoms with Gasteiger partial charge in [-0.25, -0.2) is 4.79 Å². The van der Waals surface area contributed by atoms with Crippen molar-refractivity contribution in [2.24, 2.45) is 0 Å². The number of nitrogens with zero attached hydrogens (tertiary/aromatic N) is 2. The molecule has 0 spiro atoms. The molecule has 0 atom stereocenters. The van der Waals surface area contributed by atoms with Gasteiger partial charge in [0.15, 0.2) is 0 Å². The quantitative estimate of drug-likeness (QED) is 0.688. The van der Waals surface area contributed by atoms with E-state index in [-0.39, 0.29) is 6.09 Å². The van der Waals surface area contributed by atoms with E-state index in [0.29, 0.717) is 32.9 Å². The summed E-state index contributed by atoms with van der Waals surface area (Å²) in [5.41, 5.74) is -0.427. The molecule has 0 saturated carbocycles. The number of rotatable bonds is 6. The molecular formula is C14H28N2O4. The maximum Gasteiger partial charge on any atom is 0.410 e. The van der Waals surface area contributed by atoms with Gasteiger partial charge >= 0.3 is 6.09 Å². The monoisotopic (exact) mass is 288 g/mol. The second-order valence-corrected chi connectivity index (χ2v) is 5.91. The number of amides is 1. The van der Waals surface area contributed by atoms with Crippen LogP contribution in [0.1, 0.15) is 20.8 Å². The number of piperazine rings is 1. The molecule has 1 aliphatic heterocycles. The first-order valence-electron chi connectivity index (χ1n) is 7.19. The summed E-state index contributed by atoms with van der Waals surface area (Å²) < 4.78 is 15.7. The molecule has 1 fully saturated rings. The Morgan fingerprint density at radius 3 is 2.25 bits per heavy atom. The van der Waals surface area contributed by atoms with Crippen molar-refractivity contribution in [3.63, 3.8) is 0 Å². The molecule has 0 aromatic heterocycles. The number of carbonyl (C=O) groups is 1. The van der Waals surface area contributed by atoms with E-state index >= 15 is 0 Å². The summed E-state index contributed by atoms with van der Waals surface area (Å²) in [5, 5.41) is 0. The molecule has 6 nitrogen and oxygen atoms in total. The Bertz CT molecular complexity index is 283. The fourth-order valence-corrected chi connectivity index (χ4v) is 1.92. The molecule has 0 aliphatic carbocycles. The topological polar surface area (TPSA) is 51.2 Å². The maximum atomic E-state index is 11.9. The van der Waals surface area contributed by atoms with E-state index in [1.54, 1.807) is 12.0 Å². The van der Waals surface area contributed by atoms with E-state index in [9.17, 15) is 4.79 Å². The van der Waals surface area contributed by atoms with Gasteiger partial charge in [-0.15, -0.1) is 0 Å². The first-order valence-corrected chi connectivity index (χ1v) is 7.19. The molecule has 0 aromatic carbocycles. The van der Waals surface area contributed by atoms with Crippen molar-refractivity contribution >= 4 is 6.09 Å².